The van der Waals surface area contributed by atoms with E-state index in [0.29, 0.717) is 5.92 Å². The van der Waals surface area contributed by atoms with Crippen molar-refractivity contribution in [1.29, 1.82) is 5.41 Å². The summed E-state index contributed by atoms with van der Waals surface area (Å²) in [7, 11) is 0. The SMILES string of the molecule is CCC(CC)CN(CC)c1cc(C)ccc1C(=N)N. The molecular weight excluding hydrogens is 234 g/mol. The van der Waals surface area contributed by atoms with E-state index in [1.54, 1.807) is 0 Å². The van der Waals surface area contributed by atoms with Crippen LogP contribution in [0.3, 0.4) is 0 Å². The molecule has 0 aliphatic carbocycles. The summed E-state index contributed by atoms with van der Waals surface area (Å²) in [6.45, 7) is 10.7. The van der Waals surface area contributed by atoms with Crippen LogP contribution < -0.4 is 10.6 Å². The van der Waals surface area contributed by atoms with Gasteiger partial charge in [-0.1, -0.05) is 32.8 Å². The highest BCUT2D eigenvalue weighted by Crippen LogP contribution is 2.24. The molecule has 0 amide bonds. The minimum absolute atomic E-state index is 0.151. The molecule has 0 spiro atoms. The highest BCUT2D eigenvalue weighted by molar-refractivity contribution is 6.00. The maximum absolute atomic E-state index is 7.74. The van der Waals surface area contributed by atoms with Gasteiger partial charge in [-0.05, 0) is 37.5 Å². The largest absolute Gasteiger partial charge is 0.384 e. The number of hydrogen-bond donors (Lipinski definition) is 2. The Kier molecular flexibility index (Phi) is 5.87. The minimum Gasteiger partial charge on any atom is -0.384 e. The Balaban J connectivity index is 3.09. The van der Waals surface area contributed by atoms with Crippen molar-refractivity contribution in [2.75, 3.05) is 18.0 Å². The molecule has 1 rings (SSSR count). The summed E-state index contributed by atoms with van der Waals surface area (Å²) in [6, 6.07) is 6.12. The lowest BCUT2D eigenvalue weighted by atomic mass is 10.0. The van der Waals surface area contributed by atoms with E-state index in [9.17, 15) is 0 Å². The topological polar surface area (TPSA) is 53.1 Å². The van der Waals surface area contributed by atoms with E-state index in [4.69, 9.17) is 11.1 Å². The molecule has 0 aliphatic rings. The van der Waals surface area contributed by atoms with Crippen LogP contribution in [0.4, 0.5) is 5.69 Å². The quantitative estimate of drug-likeness (QED) is 0.582. The fourth-order valence-electron chi connectivity index (χ4n) is 2.39. The van der Waals surface area contributed by atoms with E-state index >= 15 is 0 Å². The molecule has 3 nitrogen and oxygen atoms in total. The predicted molar refractivity (Wildman–Crippen MR) is 84.2 cm³/mol. The van der Waals surface area contributed by atoms with Gasteiger partial charge in [0, 0.05) is 24.3 Å². The van der Waals surface area contributed by atoms with Gasteiger partial charge in [0.2, 0.25) is 0 Å². The zero-order valence-electron chi connectivity index (χ0n) is 12.7. The van der Waals surface area contributed by atoms with E-state index < -0.39 is 0 Å². The van der Waals surface area contributed by atoms with E-state index in [0.717, 1.165) is 24.3 Å². The third-order valence-electron chi connectivity index (χ3n) is 3.80. The van der Waals surface area contributed by atoms with Crippen LogP contribution in [0, 0.1) is 18.3 Å². The summed E-state index contributed by atoms with van der Waals surface area (Å²) >= 11 is 0. The first kappa shape index (κ1) is 15.5. The molecule has 19 heavy (non-hydrogen) atoms. The molecule has 0 unspecified atom stereocenters. The number of hydrogen-bond acceptors (Lipinski definition) is 2. The van der Waals surface area contributed by atoms with E-state index in [2.05, 4.69) is 38.7 Å². The maximum atomic E-state index is 7.74. The standard InChI is InChI=1S/C16H27N3/c1-5-13(6-2)11-19(7-3)15-10-12(4)8-9-14(15)16(17)18/h8-10,13H,5-7,11H2,1-4H3,(H3,17,18). The Labute approximate surface area is 117 Å². The molecular formula is C16H27N3. The average molecular weight is 261 g/mol. The Morgan fingerprint density at radius 1 is 1.26 bits per heavy atom. The summed E-state index contributed by atoms with van der Waals surface area (Å²) in [5.41, 5.74) is 8.87. The number of rotatable bonds is 7. The minimum atomic E-state index is 0.151. The number of nitrogens with zero attached hydrogens (tertiary/aromatic N) is 1. The number of nitrogens with one attached hydrogen (secondary N) is 1. The second kappa shape index (κ2) is 7.17. The zero-order valence-corrected chi connectivity index (χ0v) is 12.7. The van der Waals surface area contributed by atoms with E-state index in [1.165, 1.54) is 18.4 Å². The van der Waals surface area contributed by atoms with Crippen molar-refractivity contribution < 1.29 is 0 Å². The first-order valence-electron chi connectivity index (χ1n) is 7.23. The molecule has 0 fully saturated rings. The van der Waals surface area contributed by atoms with Gasteiger partial charge in [0.15, 0.2) is 0 Å². The van der Waals surface area contributed by atoms with Gasteiger partial charge < -0.3 is 10.6 Å². The van der Waals surface area contributed by atoms with Crippen molar-refractivity contribution in [3.05, 3.63) is 29.3 Å². The molecule has 3 N–H and O–H groups in total. The molecule has 0 saturated heterocycles. The third kappa shape index (κ3) is 3.98. The Bertz CT molecular complexity index is 422. The second-order valence-electron chi connectivity index (χ2n) is 5.16. The third-order valence-corrected chi connectivity index (χ3v) is 3.80. The maximum Gasteiger partial charge on any atom is 0.124 e. The predicted octanol–water partition coefficient (Wildman–Crippen LogP) is 3.54. The van der Waals surface area contributed by atoms with Crippen molar-refractivity contribution in [1.82, 2.24) is 0 Å². The molecule has 0 radical (unpaired) electrons. The molecule has 1 aromatic rings. The number of aryl methyl sites for hydroxylation is 1. The second-order valence-corrected chi connectivity index (χ2v) is 5.16. The highest BCUT2D eigenvalue weighted by Gasteiger charge is 2.15. The van der Waals surface area contributed by atoms with Gasteiger partial charge in [0.05, 0.1) is 0 Å². The number of amidine groups is 1. The van der Waals surface area contributed by atoms with Crippen molar-refractivity contribution in [2.45, 2.75) is 40.5 Å². The van der Waals surface area contributed by atoms with Crippen LogP contribution in [-0.2, 0) is 0 Å². The molecule has 0 aromatic heterocycles. The average Bonchev–Trinajstić information content (AvgIpc) is 2.40. The smallest absolute Gasteiger partial charge is 0.124 e. The van der Waals surface area contributed by atoms with Crippen LogP contribution in [0.2, 0.25) is 0 Å². The monoisotopic (exact) mass is 261 g/mol. The van der Waals surface area contributed by atoms with Crippen LogP contribution in [0.1, 0.15) is 44.7 Å². The molecule has 1 aromatic carbocycles. The fourth-order valence-corrected chi connectivity index (χ4v) is 2.39. The van der Waals surface area contributed by atoms with Gasteiger partial charge in [-0.2, -0.15) is 0 Å². The van der Waals surface area contributed by atoms with Gasteiger partial charge >= 0.3 is 0 Å². The van der Waals surface area contributed by atoms with Crippen molar-refractivity contribution in [3.63, 3.8) is 0 Å². The lowest BCUT2D eigenvalue weighted by Gasteiger charge is -2.29. The van der Waals surface area contributed by atoms with Gasteiger partial charge in [-0.25, -0.2) is 0 Å². The van der Waals surface area contributed by atoms with Gasteiger partial charge in [0.25, 0.3) is 0 Å². The van der Waals surface area contributed by atoms with Crippen LogP contribution in [0.5, 0.6) is 0 Å². The van der Waals surface area contributed by atoms with Gasteiger partial charge in [-0.3, -0.25) is 5.41 Å². The first-order chi connectivity index (χ1) is 9.03. The van der Waals surface area contributed by atoms with Gasteiger partial charge in [-0.15, -0.1) is 0 Å². The lowest BCUT2D eigenvalue weighted by molar-refractivity contribution is 0.486. The Morgan fingerprint density at radius 3 is 2.37 bits per heavy atom. The summed E-state index contributed by atoms with van der Waals surface area (Å²) in [4.78, 5) is 2.35. The fraction of sp³-hybridized carbons (Fsp3) is 0.562. The van der Waals surface area contributed by atoms with Crippen LogP contribution in [0.25, 0.3) is 0 Å². The van der Waals surface area contributed by atoms with Crippen LogP contribution >= 0.6 is 0 Å². The number of nitrogens with two attached hydrogens (primary N) is 1. The number of benzene rings is 1. The summed E-state index contributed by atoms with van der Waals surface area (Å²) < 4.78 is 0. The van der Waals surface area contributed by atoms with Crippen molar-refractivity contribution in [3.8, 4) is 0 Å². The summed E-state index contributed by atoms with van der Waals surface area (Å²) in [5, 5.41) is 7.74. The molecule has 0 aliphatic heterocycles. The van der Waals surface area contributed by atoms with Crippen LogP contribution in [-0.4, -0.2) is 18.9 Å². The van der Waals surface area contributed by atoms with E-state index in [-0.39, 0.29) is 5.84 Å². The number of nitrogen functional groups attached to an aromatic ring is 1. The molecule has 0 saturated carbocycles. The molecule has 106 valence electrons. The van der Waals surface area contributed by atoms with E-state index in [1.807, 2.05) is 12.1 Å². The van der Waals surface area contributed by atoms with Crippen molar-refractivity contribution >= 4 is 11.5 Å². The first-order valence-corrected chi connectivity index (χ1v) is 7.23. The van der Waals surface area contributed by atoms with Crippen LogP contribution in [0.15, 0.2) is 18.2 Å². The normalized spacial score (nSPS) is 10.8. The Morgan fingerprint density at radius 2 is 1.89 bits per heavy atom. The molecule has 0 atom stereocenters. The highest BCUT2D eigenvalue weighted by atomic mass is 15.1. The molecule has 3 heteroatoms. The number of anilines is 1. The van der Waals surface area contributed by atoms with Crippen molar-refractivity contribution in [2.24, 2.45) is 11.7 Å². The molecule has 0 heterocycles. The zero-order chi connectivity index (χ0) is 14.4. The Hall–Kier alpha value is -1.51. The van der Waals surface area contributed by atoms with Gasteiger partial charge in [0.1, 0.15) is 5.84 Å². The lowest BCUT2D eigenvalue weighted by Crippen LogP contribution is -2.31. The summed E-state index contributed by atoms with van der Waals surface area (Å²) in [5.74, 6) is 0.846. The summed E-state index contributed by atoms with van der Waals surface area (Å²) in [6.07, 6.45) is 2.38. The molecule has 0 bridgehead atoms.